The number of hydrogen-bond acceptors (Lipinski definition) is 4. The molecule has 0 atom stereocenters. The van der Waals surface area contributed by atoms with Crippen molar-refractivity contribution >= 4 is 28.9 Å². The molecule has 6 nitrogen and oxygen atoms in total. The highest BCUT2D eigenvalue weighted by molar-refractivity contribution is 6.29. The van der Waals surface area contributed by atoms with Crippen LogP contribution in [-0.2, 0) is 0 Å². The number of aryl methyl sites for hydroxylation is 1. The zero-order chi connectivity index (χ0) is 14.0. The summed E-state index contributed by atoms with van der Waals surface area (Å²) in [6, 6.07) is 7.08. The molecule has 0 aliphatic carbocycles. The van der Waals surface area contributed by atoms with E-state index in [1.165, 1.54) is 24.3 Å². The van der Waals surface area contributed by atoms with Crippen LogP contribution in [0.4, 0.5) is 11.4 Å². The Labute approximate surface area is 113 Å². The van der Waals surface area contributed by atoms with E-state index >= 15 is 0 Å². The van der Waals surface area contributed by atoms with Crippen LogP contribution in [0.15, 0.2) is 34.7 Å². The maximum Gasteiger partial charge on any atom is 0.291 e. The monoisotopic (exact) mass is 280 g/mol. The first-order valence-electron chi connectivity index (χ1n) is 5.29. The normalized spacial score (nSPS) is 10.2. The van der Waals surface area contributed by atoms with Crippen LogP contribution in [0, 0.1) is 17.0 Å². The maximum absolute atomic E-state index is 11.8. The molecule has 0 saturated heterocycles. The van der Waals surface area contributed by atoms with Crippen LogP contribution in [0.25, 0.3) is 0 Å². The van der Waals surface area contributed by atoms with Gasteiger partial charge in [0, 0.05) is 12.1 Å². The lowest BCUT2D eigenvalue weighted by atomic mass is 10.2. The molecule has 7 heteroatoms. The quantitative estimate of drug-likeness (QED) is 0.689. The lowest BCUT2D eigenvalue weighted by molar-refractivity contribution is -0.384. The summed E-state index contributed by atoms with van der Waals surface area (Å²) < 4.78 is 4.95. The molecular weight excluding hydrogens is 272 g/mol. The number of nitro groups is 1. The molecule has 2 rings (SSSR count). The third-order valence-electron chi connectivity index (χ3n) is 2.48. The molecule has 1 amide bonds. The van der Waals surface area contributed by atoms with E-state index in [1.54, 1.807) is 13.0 Å². The van der Waals surface area contributed by atoms with Crippen LogP contribution in [0.2, 0.25) is 5.22 Å². The van der Waals surface area contributed by atoms with Crippen molar-refractivity contribution in [1.29, 1.82) is 0 Å². The van der Waals surface area contributed by atoms with Crippen LogP contribution in [0.3, 0.4) is 0 Å². The van der Waals surface area contributed by atoms with Gasteiger partial charge in [-0.05, 0) is 36.2 Å². The average molecular weight is 281 g/mol. The molecule has 0 aliphatic heterocycles. The van der Waals surface area contributed by atoms with Crippen LogP contribution in [-0.4, -0.2) is 10.8 Å². The van der Waals surface area contributed by atoms with E-state index in [9.17, 15) is 14.9 Å². The average Bonchev–Trinajstić information content (AvgIpc) is 2.78. The van der Waals surface area contributed by atoms with Gasteiger partial charge in [0.25, 0.3) is 11.6 Å². The number of furan rings is 1. The molecule has 2 aromatic rings. The molecule has 0 aliphatic rings. The van der Waals surface area contributed by atoms with Gasteiger partial charge in [-0.3, -0.25) is 14.9 Å². The summed E-state index contributed by atoms with van der Waals surface area (Å²) in [5.41, 5.74) is 0.960. The van der Waals surface area contributed by atoms with Crippen LogP contribution in [0.5, 0.6) is 0 Å². The molecule has 1 aromatic carbocycles. The van der Waals surface area contributed by atoms with E-state index in [0.717, 1.165) is 0 Å². The van der Waals surface area contributed by atoms with Crippen LogP contribution < -0.4 is 5.32 Å². The van der Waals surface area contributed by atoms with Crippen molar-refractivity contribution in [2.45, 2.75) is 6.92 Å². The largest absolute Gasteiger partial charge is 0.440 e. The van der Waals surface area contributed by atoms with Crippen LogP contribution >= 0.6 is 11.6 Å². The Kier molecular flexibility index (Phi) is 3.52. The Hall–Kier alpha value is -2.34. The van der Waals surface area contributed by atoms with Crippen molar-refractivity contribution in [1.82, 2.24) is 0 Å². The molecular formula is C12H9ClN2O4. The number of rotatable bonds is 3. The van der Waals surface area contributed by atoms with Crippen molar-refractivity contribution in [2.75, 3.05) is 5.32 Å². The summed E-state index contributed by atoms with van der Waals surface area (Å²) in [6.45, 7) is 1.73. The van der Waals surface area contributed by atoms with Crippen molar-refractivity contribution in [2.24, 2.45) is 0 Å². The summed E-state index contributed by atoms with van der Waals surface area (Å²) >= 11 is 5.57. The molecule has 0 spiro atoms. The fourth-order valence-electron chi connectivity index (χ4n) is 1.48. The molecule has 0 radical (unpaired) electrons. The molecule has 0 fully saturated rings. The summed E-state index contributed by atoms with van der Waals surface area (Å²) in [4.78, 5) is 22.0. The summed E-state index contributed by atoms with van der Waals surface area (Å²) in [7, 11) is 0. The molecule has 19 heavy (non-hydrogen) atoms. The van der Waals surface area contributed by atoms with Gasteiger partial charge in [0.1, 0.15) is 0 Å². The molecule has 98 valence electrons. The van der Waals surface area contributed by atoms with Crippen LogP contribution in [0.1, 0.15) is 16.1 Å². The Bertz CT molecular complexity index is 651. The maximum atomic E-state index is 11.8. The van der Waals surface area contributed by atoms with E-state index in [2.05, 4.69) is 5.32 Å². The Morgan fingerprint density at radius 1 is 1.37 bits per heavy atom. The fraction of sp³-hybridized carbons (Fsp3) is 0.0833. The molecule has 1 aromatic heterocycles. The number of amides is 1. The SMILES string of the molecule is Cc1ccc([N+](=O)[O-])cc1NC(=O)c1ccc(Cl)o1. The van der Waals surface area contributed by atoms with Gasteiger partial charge in [0.2, 0.25) is 0 Å². The van der Waals surface area contributed by atoms with Gasteiger partial charge in [-0.2, -0.15) is 0 Å². The third kappa shape index (κ3) is 2.92. The molecule has 1 heterocycles. The minimum Gasteiger partial charge on any atom is -0.440 e. The van der Waals surface area contributed by atoms with E-state index < -0.39 is 10.8 Å². The number of carbonyl (C=O) groups excluding carboxylic acids is 1. The summed E-state index contributed by atoms with van der Waals surface area (Å²) in [5, 5.41) is 13.3. The van der Waals surface area contributed by atoms with E-state index in [0.29, 0.717) is 11.3 Å². The first-order chi connectivity index (χ1) is 8.97. The number of anilines is 1. The minimum absolute atomic E-state index is 0.0379. The topological polar surface area (TPSA) is 85.4 Å². The summed E-state index contributed by atoms with van der Waals surface area (Å²) in [6.07, 6.45) is 0. The van der Waals surface area contributed by atoms with Crippen molar-refractivity contribution in [3.63, 3.8) is 0 Å². The highest BCUT2D eigenvalue weighted by atomic mass is 35.5. The number of carbonyl (C=O) groups is 1. The number of hydrogen-bond donors (Lipinski definition) is 1. The number of non-ortho nitro benzene ring substituents is 1. The van der Waals surface area contributed by atoms with Gasteiger partial charge in [0.15, 0.2) is 11.0 Å². The lowest BCUT2D eigenvalue weighted by Gasteiger charge is -2.06. The first kappa shape index (κ1) is 13.1. The summed E-state index contributed by atoms with van der Waals surface area (Å²) in [5.74, 6) is -0.480. The fourth-order valence-corrected chi connectivity index (χ4v) is 1.62. The molecule has 0 bridgehead atoms. The van der Waals surface area contributed by atoms with E-state index in [4.69, 9.17) is 16.0 Å². The lowest BCUT2D eigenvalue weighted by Crippen LogP contribution is -2.12. The van der Waals surface area contributed by atoms with Crippen molar-refractivity contribution in [3.05, 3.63) is 57.0 Å². The number of halogens is 1. The second-order valence-corrected chi connectivity index (χ2v) is 4.19. The highest BCUT2D eigenvalue weighted by Gasteiger charge is 2.14. The second-order valence-electron chi connectivity index (χ2n) is 3.81. The smallest absolute Gasteiger partial charge is 0.291 e. The minimum atomic E-state index is -0.529. The zero-order valence-corrected chi connectivity index (χ0v) is 10.6. The van der Waals surface area contributed by atoms with Gasteiger partial charge < -0.3 is 9.73 Å². The predicted molar refractivity (Wildman–Crippen MR) is 69.5 cm³/mol. The van der Waals surface area contributed by atoms with Gasteiger partial charge in [0.05, 0.1) is 10.6 Å². The number of nitro benzene ring substituents is 1. The molecule has 1 N–H and O–H groups in total. The zero-order valence-electron chi connectivity index (χ0n) is 9.84. The number of benzene rings is 1. The number of nitrogens with one attached hydrogen (secondary N) is 1. The van der Waals surface area contributed by atoms with E-state index in [1.807, 2.05) is 0 Å². The Morgan fingerprint density at radius 3 is 2.68 bits per heavy atom. The molecule has 0 unspecified atom stereocenters. The van der Waals surface area contributed by atoms with Gasteiger partial charge in [-0.1, -0.05) is 6.07 Å². The second kappa shape index (κ2) is 5.11. The third-order valence-corrected chi connectivity index (χ3v) is 2.68. The van der Waals surface area contributed by atoms with Crippen molar-refractivity contribution < 1.29 is 14.1 Å². The van der Waals surface area contributed by atoms with Gasteiger partial charge >= 0.3 is 0 Å². The Balaban J connectivity index is 2.25. The standard InChI is InChI=1S/C12H9ClN2O4/c1-7-2-3-8(15(17)18)6-9(7)14-12(16)10-4-5-11(13)19-10/h2-6H,1H3,(H,14,16). The highest BCUT2D eigenvalue weighted by Crippen LogP contribution is 2.23. The Morgan fingerprint density at radius 2 is 2.11 bits per heavy atom. The molecule has 0 saturated carbocycles. The van der Waals surface area contributed by atoms with Gasteiger partial charge in [-0.15, -0.1) is 0 Å². The predicted octanol–water partition coefficient (Wildman–Crippen LogP) is 3.40. The number of nitrogens with zero attached hydrogens (tertiary/aromatic N) is 1. The van der Waals surface area contributed by atoms with E-state index in [-0.39, 0.29) is 16.7 Å². The first-order valence-corrected chi connectivity index (χ1v) is 5.67. The van der Waals surface area contributed by atoms with Crippen molar-refractivity contribution in [3.8, 4) is 0 Å². The van der Waals surface area contributed by atoms with Gasteiger partial charge in [-0.25, -0.2) is 0 Å².